The highest BCUT2D eigenvalue weighted by molar-refractivity contribution is 5.80. The molecule has 18 heavy (non-hydrogen) atoms. The molecule has 0 spiro atoms. The molecule has 3 N–H and O–H groups in total. The van der Waals surface area contributed by atoms with Crippen molar-refractivity contribution in [3.8, 4) is 0 Å². The van der Waals surface area contributed by atoms with Crippen molar-refractivity contribution in [3.63, 3.8) is 0 Å². The SMILES string of the molecule is O=C(O)CCNC(=O)CCNC(=O)C1CCCC1. The molecular weight excluding hydrogens is 236 g/mol. The third kappa shape index (κ3) is 5.65. The predicted octanol–water partition coefficient (Wildman–Crippen LogP) is 0.274. The van der Waals surface area contributed by atoms with Gasteiger partial charge in [0.05, 0.1) is 6.42 Å². The maximum absolute atomic E-state index is 11.6. The summed E-state index contributed by atoms with van der Waals surface area (Å²) < 4.78 is 0. The zero-order valence-corrected chi connectivity index (χ0v) is 10.4. The molecule has 0 aromatic rings. The lowest BCUT2D eigenvalue weighted by Gasteiger charge is -2.10. The van der Waals surface area contributed by atoms with Crippen LogP contribution in [0.4, 0.5) is 0 Å². The Labute approximate surface area is 106 Å². The molecule has 1 rings (SSSR count). The van der Waals surface area contributed by atoms with Crippen LogP contribution in [0, 0.1) is 5.92 Å². The fraction of sp³-hybridized carbons (Fsp3) is 0.750. The predicted molar refractivity (Wildman–Crippen MR) is 64.8 cm³/mol. The van der Waals surface area contributed by atoms with Crippen molar-refractivity contribution in [2.24, 2.45) is 5.92 Å². The summed E-state index contributed by atoms with van der Waals surface area (Å²) in [6, 6.07) is 0. The van der Waals surface area contributed by atoms with Gasteiger partial charge in [-0.2, -0.15) is 0 Å². The van der Waals surface area contributed by atoms with Crippen LogP contribution in [0.5, 0.6) is 0 Å². The Morgan fingerprint density at radius 2 is 1.61 bits per heavy atom. The summed E-state index contributed by atoms with van der Waals surface area (Å²) >= 11 is 0. The monoisotopic (exact) mass is 256 g/mol. The lowest BCUT2D eigenvalue weighted by atomic mass is 10.1. The van der Waals surface area contributed by atoms with Crippen molar-refractivity contribution in [2.75, 3.05) is 13.1 Å². The zero-order chi connectivity index (χ0) is 13.4. The molecule has 0 aromatic carbocycles. The van der Waals surface area contributed by atoms with Gasteiger partial charge in [-0.1, -0.05) is 12.8 Å². The molecule has 0 saturated heterocycles. The molecule has 0 aromatic heterocycles. The first-order valence-corrected chi connectivity index (χ1v) is 6.36. The molecule has 0 bridgehead atoms. The minimum atomic E-state index is -0.940. The summed E-state index contributed by atoms with van der Waals surface area (Å²) in [5.41, 5.74) is 0. The van der Waals surface area contributed by atoms with E-state index in [1.165, 1.54) is 0 Å². The van der Waals surface area contributed by atoms with Crippen molar-refractivity contribution in [1.29, 1.82) is 0 Å². The number of hydrogen-bond acceptors (Lipinski definition) is 3. The smallest absolute Gasteiger partial charge is 0.305 e. The fourth-order valence-corrected chi connectivity index (χ4v) is 2.03. The second-order valence-electron chi connectivity index (χ2n) is 4.52. The first-order chi connectivity index (χ1) is 8.59. The summed E-state index contributed by atoms with van der Waals surface area (Å²) in [6.07, 6.45) is 4.20. The summed E-state index contributed by atoms with van der Waals surface area (Å²) in [4.78, 5) is 33.1. The zero-order valence-electron chi connectivity index (χ0n) is 10.4. The first-order valence-electron chi connectivity index (χ1n) is 6.36. The minimum absolute atomic E-state index is 0.0332. The van der Waals surface area contributed by atoms with Crippen LogP contribution >= 0.6 is 0 Å². The number of carbonyl (C=O) groups is 3. The molecule has 2 amide bonds. The van der Waals surface area contributed by atoms with Crippen LogP contribution < -0.4 is 10.6 Å². The van der Waals surface area contributed by atoms with Gasteiger partial charge in [-0.15, -0.1) is 0 Å². The van der Waals surface area contributed by atoms with Crippen molar-refractivity contribution in [1.82, 2.24) is 10.6 Å². The van der Waals surface area contributed by atoms with Gasteiger partial charge in [-0.3, -0.25) is 14.4 Å². The van der Waals surface area contributed by atoms with Crippen LogP contribution in [0.2, 0.25) is 0 Å². The highest BCUT2D eigenvalue weighted by atomic mass is 16.4. The standard InChI is InChI=1S/C12H20N2O4/c15-10(13-8-6-11(16)17)5-7-14-12(18)9-3-1-2-4-9/h9H,1-8H2,(H,13,15)(H,14,18)(H,16,17). The Kier molecular flexibility index (Phi) is 6.18. The van der Waals surface area contributed by atoms with E-state index in [0.717, 1.165) is 25.7 Å². The highest BCUT2D eigenvalue weighted by Gasteiger charge is 2.22. The number of rotatable bonds is 7. The first kappa shape index (κ1) is 14.5. The number of carboxylic acids is 1. The van der Waals surface area contributed by atoms with Crippen LogP contribution in [-0.2, 0) is 14.4 Å². The minimum Gasteiger partial charge on any atom is -0.481 e. The van der Waals surface area contributed by atoms with Crippen molar-refractivity contribution in [2.45, 2.75) is 38.5 Å². The number of nitrogens with one attached hydrogen (secondary N) is 2. The Morgan fingerprint density at radius 3 is 2.22 bits per heavy atom. The van der Waals surface area contributed by atoms with E-state index in [0.29, 0.717) is 6.54 Å². The second kappa shape index (κ2) is 7.68. The Hall–Kier alpha value is -1.59. The quantitative estimate of drug-likeness (QED) is 0.609. The average Bonchev–Trinajstić information content (AvgIpc) is 2.81. The molecule has 0 heterocycles. The highest BCUT2D eigenvalue weighted by Crippen LogP contribution is 2.24. The molecule has 0 aliphatic heterocycles. The molecule has 1 aliphatic carbocycles. The number of carboxylic acid groups (broad SMARTS) is 1. The Bertz CT molecular complexity index is 311. The summed E-state index contributed by atoms with van der Waals surface area (Å²) in [5, 5.41) is 13.6. The molecule has 1 fully saturated rings. The molecule has 0 unspecified atom stereocenters. The van der Waals surface area contributed by atoms with E-state index >= 15 is 0 Å². The maximum Gasteiger partial charge on any atom is 0.305 e. The summed E-state index contributed by atoms with van der Waals surface area (Å²) in [6.45, 7) is 0.443. The van der Waals surface area contributed by atoms with Gasteiger partial charge in [0.1, 0.15) is 0 Å². The third-order valence-corrected chi connectivity index (χ3v) is 3.04. The Morgan fingerprint density at radius 1 is 1.00 bits per heavy atom. The van der Waals surface area contributed by atoms with E-state index in [4.69, 9.17) is 5.11 Å². The van der Waals surface area contributed by atoms with E-state index < -0.39 is 5.97 Å². The van der Waals surface area contributed by atoms with Gasteiger partial charge >= 0.3 is 5.97 Å². The topological polar surface area (TPSA) is 95.5 Å². The second-order valence-corrected chi connectivity index (χ2v) is 4.52. The molecule has 0 atom stereocenters. The van der Waals surface area contributed by atoms with Crippen LogP contribution in [-0.4, -0.2) is 36.0 Å². The van der Waals surface area contributed by atoms with Crippen molar-refractivity contribution >= 4 is 17.8 Å². The van der Waals surface area contributed by atoms with Gasteiger partial charge in [-0.05, 0) is 12.8 Å². The van der Waals surface area contributed by atoms with E-state index in [9.17, 15) is 14.4 Å². The van der Waals surface area contributed by atoms with E-state index in [1.54, 1.807) is 0 Å². The molecule has 1 aliphatic rings. The number of hydrogen-bond donors (Lipinski definition) is 3. The lowest BCUT2D eigenvalue weighted by Crippen LogP contribution is -2.34. The number of carbonyl (C=O) groups excluding carboxylic acids is 2. The van der Waals surface area contributed by atoms with Gasteiger partial charge in [0.2, 0.25) is 11.8 Å². The fourth-order valence-electron chi connectivity index (χ4n) is 2.03. The molecule has 6 nitrogen and oxygen atoms in total. The van der Waals surface area contributed by atoms with E-state index in [1.807, 2.05) is 0 Å². The average molecular weight is 256 g/mol. The van der Waals surface area contributed by atoms with Gasteiger partial charge < -0.3 is 15.7 Å². The van der Waals surface area contributed by atoms with Crippen molar-refractivity contribution in [3.05, 3.63) is 0 Å². The van der Waals surface area contributed by atoms with Gasteiger partial charge in [0, 0.05) is 25.4 Å². The molecular formula is C12H20N2O4. The maximum atomic E-state index is 11.6. The van der Waals surface area contributed by atoms with Crippen LogP contribution in [0.15, 0.2) is 0 Å². The Balaban J connectivity index is 2.04. The normalized spacial score (nSPS) is 15.3. The number of aliphatic carboxylic acids is 1. The third-order valence-electron chi connectivity index (χ3n) is 3.04. The van der Waals surface area contributed by atoms with Gasteiger partial charge in [0.25, 0.3) is 0 Å². The largest absolute Gasteiger partial charge is 0.481 e. The van der Waals surface area contributed by atoms with E-state index in [-0.39, 0.29) is 37.1 Å². The lowest BCUT2D eigenvalue weighted by molar-refractivity contribution is -0.137. The molecule has 6 heteroatoms. The molecule has 102 valence electrons. The van der Waals surface area contributed by atoms with E-state index in [2.05, 4.69) is 10.6 Å². The van der Waals surface area contributed by atoms with Crippen LogP contribution in [0.25, 0.3) is 0 Å². The summed E-state index contributed by atoms with van der Waals surface area (Å²) in [5.74, 6) is -1.03. The van der Waals surface area contributed by atoms with Crippen LogP contribution in [0.1, 0.15) is 38.5 Å². The van der Waals surface area contributed by atoms with Gasteiger partial charge in [-0.25, -0.2) is 0 Å². The van der Waals surface area contributed by atoms with Crippen molar-refractivity contribution < 1.29 is 19.5 Å². The summed E-state index contributed by atoms with van der Waals surface area (Å²) in [7, 11) is 0. The van der Waals surface area contributed by atoms with Crippen LogP contribution in [0.3, 0.4) is 0 Å². The molecule has 0 radical (unpaired) electrons. The molecule has 1 saturated carbocycles. The number of amides is 2. The van der Waals surface area contributed by atoms with Gasteiger partial charge in [0.15, 0.2) is 0 Å².